The van der Waals surface area contributed by atoms with Crippen LogP contribution in [0.3, 0.4) is 0 Å². The van der Waals surface area contributed by atoms with E-state index in [1.165, 1.54) is 0 Å². The average Bonchev–Trinajstić information content (AvgIpc) is 2.63. The topological polar surface area (TPSA) is 39.3 Å². The number of rotatable bonds is 5. The molecule has 16 heavy (non-hydrogen) atoms. The van der Waals surface area contributed by atoms with Gasteiger partial charge in [-0.05, 0) is 49.1 Å². The summed E-state index contributed by atoms with van der Waals surface area (Å²) in [6.07, 6.45) is 2.75. The highest BCUT2D eigenvalue weighted by atomic mass is 79.9. The molecule has 1 rings (SSSR count). The number of carbonyl (C=O) groups is 1. The van der Waals surface area contributed by atoms with Crippen LogP contribution in [0.2, 0.25) is 0 Å². The predicted octanol–water partition coefficient (Wildman–Crippen LogP) is 1.80. The van der Waals surface area contributed by atoms with Gasteiger partial charge in [0.05, 0.1) is 0 Å². The first kappa shape index (κ1) is 13.3. The van der Waals surface area contributed by atoms with Crippen LogP contribution in [0.5, 0.6) is 0 Å². The molecule has 1 aromatic rings. The van der Waals surface area contributed by atoms with Gasteiger partial charge in [0.2, 0.25) is 0 Å². The van der Waals surface area contributed by atoms with Crippen LogP contribution in [-0.2, 0) is 0 Å². The molecule has 1 amide bonds. The van der Waals surface area contributed by atoms with Gasteiger partial charge in [-0.1, -0.05) is 0 Å². The summed E-state index contributed by atoms with van der Waals surface area (Å²) in [6.45, 7) is 1.76. The van der Waals surface area contributed by atoms with Crippen molar-refractivity contribution in [1.82, 2.24) is 14.8 Å². The van der Waals surface area contributed by atoms with Gasteiger partial charge in [0.1, 0.15) is 5.69 Å². The van der Waals surface area contributed by atoms with Gasteiger partial charge in [0.15, 0.2) is 0 Å². The molecule has 0 aliphatic carbocycles. The lowest BCUT2D eigenvalue weighted by molar-refractivity contribution is 0.0785. The second kappa shape index (κ2) is 6.06. The van der Waals surface area contributed by atoms with Crippen LogP contribution >= 0.6 is 15.9 Å². The van der Waals surface area contributed by atoms with Gasteiger partial charge in [-0.25, -0.2) is 0 Å². The molecule has 5 heteroatoms. The number of aromatic amines is 1. The SMILES string of the molecule is CN(C)CCCN(C)C(=O)c1cc(Br)c[nH]1. The maximum Gasteiger partial charge on any atom is 0.270 e. The molecule has 1 N–H and O–H groups in total. The number of amides is 1. The van der Waals surface area contributed by atoms with E-state index in [1.54, 1.807) is 17.2 Å². The quantitative estimate of drug-likeness (QED) is 0.897. The Morgan fingerprint density at radius 3 is 2.56 bits per heavy atom. The lowest BCUT2D eigenvalue weighted by Gasteiger charge is -2.17. The molecule has 1 aromatic heterocycles. The summed E-state index contributed by atoms with van der Waals surface area (Å²) in [5, 5.41) is 0. The third-order valence-corrected chi connectivity index (χ3v) is 2.78. The second-order valence-corrected chi connectivity index (χ2v) is 5.03. The van der Waals surface area contributed by atoms with Crippen molar-refractivity contribution >= 4 is 21.8 Å². The Hall–Kier alpha value is -0.810. The third kappa shape index (κ3) is 3.98. The molecular formula is C11H18BrN3O. The molecule has 0 aromatic carbocycles. The van der Waals surface area contributed by atoms with E-state index in [0.717, 1.165) is 24.0 Å². The highest BCUT2D eigenvalue weighted by Gasteiger charge is 2.12. The van der Waals surface area contributed by atoms with E-state index < -0.39 is 0 Å². The van der Waals surface area contributed by atoms with Crippen LogP contribution in [0, 0.1) is 0 Å². The summed E-state index contributed by atoms with van der Waals surface area (Å²) in [6, 6.07) is 1.80. The van der Waals surface area contributed by atoms with Gasteiger partial charge in [-0.2, -0.15) is 0 Å². The van der Waals surface area contributed by atoms with Crippen LogP contribution < -0.4 is 0 Å². The molecular weight excluding hydrogens is 270 g/mol. The Kier molecular flexibility index (Phi) is 5.02. The number of H-pyrrole nitrogens is 1. The van der Waals surface area contributed by atoms with Crippen LogP contribution in [0.1, 0.15) is 16.9 Å². The zero-order chi connectivity index (χ0) is 12.1. The second-order valence-electron chi connectivity index (χ2n) is 4.12. The Balaban J connectivity index is 2.42. The van der Waals surface area contributed by atoms with Crippen molar-refractivity contribution in [1.29, 1.82) is 0 Å². The lowest BCUT2D eigenvalue weighted by atomic mass is 10.3. The summed E-state index contributed by atoms with van der Waals surface area (Å²) in [7, 11) is 5.89. The van der Waals surface area contributed by atoms with Crippen molar-refractivity contribution in [2.75, 3.05) is 34.2 Å². The highest BCUT2D eigenvalue weighted by Crippen LogP contribution is 2.12. The standard InChI is InChI=1S/C11H18BrN3O/c1-14(2)5-4-6-15(3)11(16)10-7-9(12)8-13-10/h7-8,13H,4-6H2,1-3H3. The lowest BCUT2D eigenvalue weighted by Crippen LogP contribution is -2.29. The van der Waals surface area contributed by atoms with Crippen molar-refractivity contribution in [3.05, 3.63) is 22.4 Å². The van der Waals surface area contributed by atoms with Crippen molar-refractivity contribution in [3.8, 4) is 0 Å². The Bertz CT molecular complexity index is 349. The first-order chi connectivity index (χ1) is 7.50. The monoisotopic (exact) mass is 287 g/mol. The van der Waals surface area contributed by atoms with E-state index in [1.807, 2.05) is 21.1 Å². The maximum absolute atomic E-state index is 11.9. The third-order valence-electron chi connectivity index (χ3n) is 2.32. The number of hydrogen-bond acceptors (Lipinski definition) is 2. The summed E-state index contributed by atoms with van der Waals surface area (Å²) >= 11 is 3.31. The Morgan fingerprint density at radius 1 is 1.38 bits per heavy atom. The number of halogens is 1. The van der Waals surface area contributed by atoms with Crippen LogP contribution in [0.15, 0.2) is 16.7 Å². The molecule has 0 spiro atoms. The first-order valence-electron chi connectivity index (χ1n) is 5.25. The minimum atomic E-state index is 0.0319. The minimum Gasteiger partial charge on any atom is -0.356 e. The molecule has 1 heterocycles. The van der Waals surface area contributed by atoms with Gasteiger partial charge in [-0.3, -0.25) is 4.79 Å². The Labute approximate surface area is 105 Å². The van der Waals surface area contributed by atoms with Crippen molar-refractivity contribution in [2.24, 2.45) is 0 Å². The normalized spacial score (nSPS) is 10.8. The molecule has 4 nitrogen and oxygen atoms in total. The molecule has 0 aliphatic rings. The number of hydrogen-bond donors (Lipinski definition) is 1. The summed E-state index contributed by atoms with van der Waals surface area (Å²) in [4.78, 5) is 18.7. The fraction of sp³-hybridized carbons (Fsp3) is 0.545. The van der Waals surface area contributed by atoms with Gasteiger partial charge in [-0.15, -0.1) is 0 Å². The summed E-state index contributed by atoms with van der Waals surface area (Å²) < 4.78 is 0.901. The zero-order valence-corrected chi connectivity index (χ0v) is 11.5. The maximum atomic E-state index is 11.9. The summed E-state index contributed by atoms with van der Waals surface area (Å²) in [5.41, 5.74) is 0.624. The minimum absolute atomic E-state index is 0.0319. The first-order valence-corrected chi connectivity index (χ1v) is 6.04. The molecule has 0 radical (unpaired) electrons. The molecule has 0 saturated heterocycles. The van der Waals surface area contributed by atoms with E-state index in [0.29, 0.717) is 5.69 Å². The number of nitrogens with one attached hydrogen (secondary N) is 1. The van der Waals surface area contributed by atoms with Gasteiger partial charge in [0.25, 0.3) is 5.91 Å². The fourth-order valence-electron chi connectivity index (χ4n) is 1.42. The number of carbonyl (C=O) groups excluding carboxylic acids is 1. The molecule has 0 atom stereocenters. The molecule has 90 valence electrons. The molecule has 0 bridgehead atoms. The highest BCUT2D eigenvalue weighted by molar-refractivity contribution is 9.10. The molecule has 0 unspecified atom stereocenters. The molecule has 0 saturated carbocycles. The van der Waals surface area contributed by atoms with Crippen molar-refractivity contribution in [3.63, 3.8) is 0 Å². The zero-order valence-electron chi connectivity index (χ0n) is 9.96. The van der Waals surface area contributed by atoms with Crippen LogP contribution in [0.4, 0.5) is 0 Å². The van der Waals surface area contributed by atoms with Crippen LogP contribution in [-0.4, -0.2) is 54.9 Å². The van der Waals surface area contributed by atoms with E-state index in [2.05, 4.69) is 25.8 Å². The average molecular weight is 288 g/mol. The largest absolute Gasteiger partial charge is 0.356 e. The predicted molar refractivity (Wildman–Crippen MR) is 68.6 cm³/mol. The molecule has 0 aliphatic heterocycles. The smallest absolute Gasteiger partial charge is 0.270 e. The Morgan fingerprint density at radius 2 is 2.06 bits per heavy atom. The summed E-state index contributed by atoms with van der Waals surface area (Å²) in [5.74, 6) is 0.0319. The van der Waals surface area contributed by atoms with Crippen molar-refractivity contribution < 1.29 is 4.79 Å². The van der Waals surface area contributed by atoms with E-state index in [-0.39, 0.29) is 5.91 Å². The van der Waals surface area contributed by atoms with E-state index in [9.17, 15) is 4.79 Å². The van der Waals surface area contributed by atoms with Crippen LogP contribution in [0.25, 0.3) is 0 Å². The van der Waals surface area contributed by atoms with Gasteiger partial charge in [0, 0.05) is 24.3 Å². The fourth-order valence-corrected chi connectivity index (χ4v) is 1.77. The van der Waals surface area contributed by atoms with Gasteiger partial charge >= 0.3 is 0 Å². The van der Waals surface area contributed by atoms with Crippen molar-refractivity contribution in [2.45, 2.75) is 6.42 Å². The number of aromatic nitrogens is 1. The van der Waals surface area contributed by atoms with E-state index in [4.69, 9.17) is 0 Å². The van der Waals surface area contributed by atoms with E-state index >= 15 is 0 Å². The number of nitrogens with zero attached hydrogens (tertiary/aromatic N) is 2. The van der Waals surface area contributed by atoms with Gasteiger partial charge < -0.3 is 14.8 Å². The molecule has 0 fully saturated rings.